The second-order valence-electron chi connectivity index (χ2n) is 5.59. The maximum Gasteiger partial charge on any atom is 0.129 e. The van der Waals surface area contributed by atoms with Crippen LogP contribution in [0.5, 0.6) is 0 Å². The molecule has 0 saturated heterocycles. The van der Waals surface area contributed by atoms with Crippen LogP contribution in [0, 0.1) is 5.82 Å². The van der Waals surface area contributed by atoms with E-state index in [2.05, 4.69) is 15.4 Å². The van der Waals surface area contributed by atoms with Gasteiger partial charge in [-0.2, -0.15) is 5.10 Å². The van der Waals surface area contributed by atoms with Crippen molar-refractivity contribution in [3.63, 3.8) is 0 Å². The van der Waals surface area contributed by atoms with Gasteiger partial charge < -0.3 is 10.4 Å². The van der Waals surface area contributed by atoms with Gasteiger partial charge in [-0.25, -0.2) is 4.39 Å². The lowest BCUT2D eigenvalue weighted by Gasteiger charge is -2.13. The third kappa shape index (κ3) is 3.67. The van der Waals surface area contributed by atoms with Gasteiger partial charge in [-0.05, 0) is 18.2 Å². The summed E-state index contributed by atoms with van der Waals surface area (Å²) in [7, 11) is 1.86. The Bertz CT molecular complexity index is 804. The van der Waals surface area contributed by atoms with E-state index in [1.807, 2.05) is 25.4 Å². The molecule has 2 N–H and O–H groups in total. The Morgan fingerprint density at radius 1 is 1.25 bits per heavy atom. The highest BCUT2D eigenvalue weighted by Crippen LogP contribution is 2.21. The number of rotatable bonds is 6. The topological polar surface area (TPSA) is 63.0 Å². The highest BCUT2D eigenvalue weighted by Gasteiger charge is 2.13. The van der Waals surface area contributed by atoms with Crippen LogP contribution in [0.25, 0.3) is 11.3 Å². The minimum atomic E-state index is -0.898. The number of hydrogen-bond acceptors (Lipinski definition) is 4. The van der Waals surface area contributed by atoms with Crippen molar-refractivity contribution in [3.05, 3.63) is 71.9 Å². The lowest BCUT2D eigenvalue weighted by atomic mass is 10.1. The van der Waals surface area contributed by atoms with Crippen LogP contribution in [0.4, 0.5) is 4.39 Å². The number of aryl methyl sites for hydroxylation is 1. The summed E-state index contributed by atoms with van der Waals surface area (Å²) in [6, 6.07) is 10.1. The first-order chi connectivity index (χ1) is 11.6. The maximum absolute atomic E-state index is 13.7. The fraction of sp³-hybridized carbons (Fsp3) is 0.222. The van der Waals surface area contributed by atoms with E-state index in [9.17, 15) is 9.50 Å². The van der Waals surface area contributed by atoms with E-state index in [0.717, 1.165) is 16.8 Å². The molecule has 2 aromatic heterocycles. The molecule has 6 heteroatoms. The van der Waals surface area contributed by atoms with E-state index in [-0.39, 0.29) is 6.54 Å². The first-order valence-electron chi connectivity index (χ1n) is 7.71. The molecular weight excluding hydrogens is 307 g/mol. The number of benzene rings is 1. The zero-order valence-corrected chi connectivity index (χ0v) is 13.4. The zero-order chi connectivity index (χ0) is 16.9. The Kier molecular flexibility index (Phi) is 4.98. The number of nitrogens with zero attached hydrogens (tertiary/aromatic N) is 3. The van der Waals surface area contributed by atoms with Gasteiger partial charge in [0.25, 0.3) is 0 Å². The van der Waals surface area contributed by atoms with Crippen LogP contribution in [-0.2, 0) is 13.6 Å². The second kappa shape index (κ2) is 7.33. The van der Waals surface area contributed by atoms with Crippen LogP contribution in [0.1, 0.15) is 17.2 Å². The molecule has 3 rings (SSSR count). The average Bonchev–Trinajstić information content (AvgIpc) is 2.97. The van der Waals surface area contributed by atoms with Crippen LogP contribution in [0.2, 0.25) is 0 Å². The Morgan fingerprint density at radius 3 is 2.83 bits per heavy atom. The smallest absolute Gasteiger partial charge is 0.129 e. The summed E-state index contributed by atoms with van der Waals surface area (Å²) in [4.78, 5) is 4.12. The molecule has 5 nitrogen and oxygen atoms in total. The van der Waals surface area contributed by atoms with E-state index >= 15 is 0 Å². The largest absolute Gasteiger partial charge is 0.387 e. The molecule has 0 amide bonds. The highest BCUT2D eigenvalue weighted by atomic mass is 19.1. The normalized spacial score (nSPS) is 12.3. The first-order valence-corrected chi connectivity index (χ1v) is 7.71. The van der Waals surface area contributed by atoms with Crippen molar-refractivity contribution in [3.8, 4) is 11.3 Å². The Balaban J connectivity index is 1.67. The lowest BCUT2D eigenvalue weighted by molar-refractivity contribution is 0.169. The molecule has 0 radical (unpaired) electrons. The molecule has 1 unspecified atom stereocenters. The monoisotopic (exact) mass is 326 g/mol. The van der Waals surface area contributed by atoms with Gasteiger partial charge in [-0.15, -0.1) is 0 Å². The molecule has 0 aliphatic heterocycles. The molecule has 24 heavy (non-hydrogen) atoms. The number of aromatic nitrogens is 3. The predicted molar refractivity (Wildman–Crippen MR) is 89.5 cm³/mol. The molecule has 124 valence electrons. The van der Waals surface area contributed by atoms with Crippen molar-refractivity contribution in [2.45, 2.75) is 12.6 Å². The number of halogens is 1. The fourth-order valence-corrected chi connectivity index (χ4v) is 2.61. The van der Waals surface area contributed by atoms with Crippen molar-refractivity contribution < 1.29 is 9.50 Å². The van der Waals surface area contributed by atoms with E-state index in [0.29, 0.717) is 12.1 Å². The average molecular weight is 326 g/mol. The summed E-state index contributed by atoms with van der Waals surface area (Å²) in [5.74, 6) is -0.399. The first kappa shape index (κ1) is 16.3. The third-order valence-corrected chi connectivity index (χ3v) is 3.76. The summed E-state index contributed by atoms with van der Waals surface area (Å²) in [6.45, 7) is 0.770. The van der Waals surface area contributed by atoms with Crippen LogP contribution < -0.4 is 5.32 Å². The Labute approximate surface area is 139 Å². The van der Waals surface area contributed by atoms with Gasteiger partial charge in [-0.3, -0.25) is 9.67 Å². The molecule has 0 fully saturated rings. The van der Waals surface area contributed by atoms with Gasteiger partial charge in [-0.1, -0.05) is 18.2 Å². The minimum Gasteiger partial charge on any atom is -0.387 e. The van der Waals surface area contributed by atoms with E-state index in [1.54, 1.807) is 35.3 Å². The zero-order valence-electron chi connectivity index (χ0n) is 13.4. The quantitative estimate of drug-likeness (QED) is 0.730. The molecule has 1 atom stereocenters. The van der Waals surface area contributed by atoms with Crippen LogP contribution >= 0.6 is 0 Å². The Morgan fingerprint density at radius 2 is 2.08 bits per heavy atom. The number of nitrogens with one attached hydrogen (secondary N) is 1. The van der Waals surface area contributed by atoms with Crippen molar-refractivity contribution in [1.29, 1.82) is 0 Å². The predicted octanol–water partition coefficient (Wildman–Crippen LogP) is 2.44. The number of hydrogen-bond donors (Lipinski definition) is 2. The molecule has 0 bridgehead atoms. The SMILES string of the molecule is Cn1cc(CNCC(O)c2ccccc2F)c(-c2cccnc2)n1. The highest BCUT2D eigenvalue weighted by molar-refractivity contribution is 5.61. The van der Waals surface area contributed by atoms with E-state index in [4.69, 9.17) is 0 Å². The number of aliphatic hydroxyl groups excluding tert-OH is 1. The summed E-state index contributed by atoms with van der Waals surface area (Å²) in [6.07, 6.45) is 4.50. The number of pyridine rings is 1. The van der Waals surface area contributed by atoms with Crippen LogP contribution in [0.3, 0.4) is 0 Å². The molecule has 3 aromatic rings. The van der Waals surface area contributed by atoms with Crippen LogP contribution in [0.15, 0.2) is 55.0 Å². The number of aliphatic hydroxyl groups is 1. The third-order valence-electron chi connectivity index (χ3n) is 3.76. The summed E-state index contributed by atoms with van der Waals surface area (Å²) >= 11 is 0. The second-order valence-corrected chi connectivity index (χ2v) is 5.59. The van der Waals surface area contributed by atoms with Gasteiger partial charge in [0.1, 0.15) is 5.82 Å². The maximum atomic E-state index is 13.7. The molecule has 0 saturated carbocycles. The van der Waals surface area contributed by atoms with Gasteiger partial charge >= 0.3 is 0 Å². The standard InChI is InChI=1S/C18H19FN4O/c1-23-12-14(18(22-23)13-5-4-8-20-9-13)10-21-11-17(24)15-6-2-3-7-16(15)19/h2-9,12,17,21,24H,10-11H2,1H3. The van der Waals surface area contributed by atoms with Crippen LogP contribution in [-0.4, -0.2) is 26.4 Å². The molecular formula is C18H19FN4O. The lowest BCUT2D eigenvalue weighted by Crippen LogP contribution is -2.21. The molecule has 0 aliphatic rings. The van der Waals surface area contributed by atoms with Gasteiger partial charge in [0.05, 0.1) is 11.8 Å². The fourth-order valence-electron chi connectivity index (χ4n) is 2.61. The van der Waals surface area contributed by atoms with Gasteiger partial charge in [0.2, 0.25) is 0 Å². The van der Waals surface area contributed by atoms with Gasteiger partial charge in [0, 0.05) is 55.4 Å². The molecule has 1 aromatic carbocycles. The summed E-state index contributed by atoms with van der Waals surface area (Å²) in [5, 5.41) is 17.8. The molecule has 0 aliphatic carbocycles. The van der Waals surface area contributed by atoms with E-state index in [1.165, 1.54) is 6.07 Å². The molecule has 0 spiro atoms. The Hall–Kier alpha value is -2.57. The molecule has 2 heterocycles. The minimum absolute atomic E-state index is 0.252. The summed E-state index contributed by atoms with van der Waals surface area (Å²) < 4.78 is 15.4. The van der Waals surface area contributed by atoms with Crippen molar-refractivity contribution in [1.82, 2.24) is 20.1 Å². The van der Waals surface area contributed by atoms with Crippen molar-refractivity contribution in [2.75, 3.05) is 6.54 Å². The van der Waals surface area contributed by atoms with Gasteiger partial charge in [0.15, 0.2) is 0 Å². The van der Waals surface area contributed by atoms with E-state index < -0.39 is 11.9 Å². The summed E-state index contributed by atoms with van der Waals surface area (Å²) in [5.41, 5.74) is 3.07. The van der Waals surface area contributed by atoms with Crippen molar-refractivity contribution >= 4 is 0 Å². The van der Waals surface area contributed by atoms with Crippen molar-refractivity contribution in [2.24, 2.45) is 7.05 Å².